The Morgan fingerprint density at radius 3 is 2.70 bits per heavy atom. The maximum absolute atomic E-state index is 13.5. The number of fused-ring (bicyclic) bond motifs is 4. The lowest BCUT2D eigenvalue weighted by Crippen LogP contribution is -2.55. The molecule has 30 heavy (non-hydrogen) atoms. The Bertz CT molecular complexity index is 894. The number of ketones is 2. The lowest BCUT2D eigenvalue weighted by atomic mass is 9.82. The highest BCUT2D eigenvalue weighted by atomic mass is 28.4. The number of piperazine rings is 1. The van der Waals surface area contributed by atoms with Crippen LogP contribution in [0.2, 0.25) is 19.1 Å². The number of nitrogens with two attached hydrogens (primary N) is 1. The van der Waals surface area contributed by atoms with E-state index in [9.17, 15) is 19.2 Å². The molecule has 4 aliphatic rings. The van der Waals surface area contributed by atoms with Crippen molar-refractivity contribution in [2.24, 2.45) is 11.7 Å². The minimum absolute atomic E-state index is 0.0759. The Balaban J connectivity index is 1.69. The number of ether oxygens (including phenoxy) is 2. The second-order valence-electron chi connectivity index (χ2n) is 8.91. The molecule has 0 unspecified atom stereocenters. The van der Waals surface area contributed by atoms with Crippen LogP contribution in [0.3, 0.4) is 0 Å². The second kappa shape index (κ2) is 6.91. The predicted octanol–water partition coefficient (Wildman–Crippen LogP) is -0.823. The number of rotatable bonds is 7. The minimum atomic E-state index is -2.31. The average molecular weight is 437 g/mol. The van der Waals surface area contributed by atoms with Gasteiger partial charge in [0.25, 0.3) is 0 Å². The van der Waals surface area contributed by atoms with Crippen molar-refractivity contribution in [2.45, 2.75) is 43.9 Å². The lowest BCUT2D eigenvalue weighted by Gasteiger charge is -2.39. The number of primary amides is 1. The molecule has 5 N–H and O–H groups in total. The highest BCUT2D eigenvalue weighted by Gasteiger charge is 2.72. The third kappa shape index (κ3) is 2.99. The molecule has 0 saturated carbocycles. The van der Waals surface area contributed by atoms with E-state index < -0.39 is 26.1 Å². The monoisotopic (exact) mass is 436 g/mol. The van der Waals surface area contributed by atoms with Gasteiger partial charge in [0.1, 0.15) is 6.61 Å². The number of allylic oxidation sites excluding steroid dienone is 2. The molecule has 1 amide bonds. The summed E-state index contributed by atoms with van der Waals surface area (Å²) in [5, 5.41) is 6.39. The summed E-state index contributed by atoms with van der Waals surface area (Å²) in [6.45, 7) is 6.01. The van der Waals surface area contributed by atoms with Crippen LogP contribution in [0.25, 0.3) is 0 Å². The number of Topliss-reactive ketones (excluding diaryl/α,β-unsaturated/α-hetero) is 2. The summed E-state index contributed by atoms with van der Waals surface area (Å²) in [6, 6.07) is 0.610. The zero-order chi connectivity index (χ0) is 22.0. The van der Waals surface area contributed by atoms with Gasteiger partial charge < -0.3 is 35.5 Å². The van der Waals surface area contributed by atoms with E-state index in [0.717, 1.165) is 0 Å². The summed E-state index contributed by atoms with van der Waals surface area (Å²) in [7, 11) is -0.774. The van der Waals surface area contributed by atoms with Crippen molar-refractivity contribution in [2.75, 3.05) is 26.8 Å². The van der Waals surface area contributed by atoms with Gasteiger partial charge in [-0.2, -0.15) is 0 Å². The topological polar surface area (TPSA) is 153 Å². The number of nitrogens with zero attached hydrogens (tertiary/aromatic N) is 1. The van der Waals surface area contributed by atoms with E-state index in [1.807, 2.05) is 18.0 Å². The third-order valence-electron chi connectivity index (χ3n) is 6.47. The maximum Gasteiger partial charge on any atom is 0.404 e. The number of carbonyl (C=O) groups excluding carboxylic acids is 3. The van der Waals surface area contributed by atoms with Gasteiger partial charge in [-0.15, -0.1) is 0 Å². The zero-order valence-electron chi connectivity index (χ0n) is 17.6. The van der Waals surface area contributed by atoms with Gasteiger partial charge in [0.05, 0.1) is 23.4 Å². The van der Waals surface area contributed by atoms with Crippen molar-refractivity contribution in [3.63, 3.8) is 0 Å². The van der Waals surface area contributed by atoms with Crippen LogP contribution < -0.4 is 16.4 Å². The third-order valence-corrected chi connectivity index (χ3v) is 7.94. The molecule has 1 aliphatic carbocycles. The van der Waals surface area contributed by atoms with Crippen LogP contribution in [0.5, 0.6) is 0 Å². The predicted molar refractivity (Wildman–Crippen MR) is 108 cm³/mol. The number of nitrogens with one attached hydrogen (secondary N) is 2. The molecule has 164 valence electrons. The maximum atomic E-state index is 13.5. The fourth-order valence-corrected chi connectivity index (χ4v) is 5.73. The highest BCUT2D eigenvalue weighted by Crippen LogP contribution is 2.55. The van der Waals surface area contributed by atoms with Crippen LogP contribution in [-0.2, 0) is 19.1 Å². The van der Waals surface area contributed by atoms with Crippen molar-refractivity contribution in [1.29, 1.82) is 0 Å². The van der Waals surface area contributed by atoms with E-state index in [-0.39, 0.29) is 36.0 Å². The van der Waals surface area contributed by atoms with E-state index in [1.54, 1.807) is 6.92 Å². The molecule has 2 saturated heterocycles. The van der Waals surface area contributed by atoms with Crippen LogP contribution in [0, 0.1) is 5.92 Å². The first-order valence-electron chi connectivity index (χ1n) is 10.0. The molecular weight excluding hydrogens is 408 g/mol. The van der Waals surface area contributed by atoms with Gasteiger partial charge in [-0.05, 0) is 26.1 Å². The van der Waals surface area contributed by atoms with Crippen molar-refractivity contribution < 1.29 is 28.7 Å². The molecule has 0 bridgehead atoms. The molecule has 10 nitrogen and oxygen atoms in total. The lowest BCUT2D eigenvalue weighted by molar-refractivity contribution is -0.137. The van der Waals surface area contributed by atoms with Crippen molar-refractivity contribution in [3.8, 4) is 0 Å². The summed E-state index contributed by atoms with van der Waals surface area (Å²) in [6.07, 6.45) is -0.949. The molecule has 3 aliphatic heterocycles. The van der Waals surface area contributed by atoms with Crippen molar-refractivity contribution in [3.05, 3.63) is 22.5 Å². The molecule has 0 aromatic rings. The van der Waals surface area contributed by atoms with E-state index in [4.69, 9.17) is 15.2 Å². The van der Waals surface area contributed by atoms with Gasteiger partial charge in [0.15, 0.2) is 14.0 Å². The Labute approximate surface area is 175 Å². The quantitative estimate of drug-likeness (QED) is 0.228. The van der Waals surface area contributed by atoms with Gasteiger partial charge >= 0.3 is 6.09 Å². The SMILES string of the molecule is CO[C@@]12[C@H](COC(N)=O)C3=C(C(=O)C(C)=C(NCC[Si](C)(C)O)C3=O)N1C[C@@H]1N[C@@H]12. The van der Waals surface area contributed by atoms with Crippen LogP contribution in [0.4, 0.5) is 4.79 Å². The Hall–Kier alpha value is -2.21. The summed E-state index contributed by atoms with van der Waals surface area (Å²) >= 11 is 0. The number of carbonyl (C=O) groups is 3. The number of amides is 1. The van der Waals surface area contributed by atoms with Gasteiger partial charge in [-0.3, -0.25) is 9.59 Å². The summed E-state index contributed by atoms with van der Waals surface area (Å²) in [5.74, 6) is -1.20. The average Bonchev–Trinajstić information content (AvgIpc) is 3.26. The van der Waals surface area contributed by atoms with E-state index in [2.05, 4.69) is 10.6 Å². The van der Waals surface area contributed by atoms with Crippen LogP contribution >= 0.6 is 0 Å². The molecule has 3 heterocycles. The van der Waals surface area contributed by atoms with E-state index >= 15 is 0 Å². The van der Waals surface area contributed by atoms with Crippen molar-refractivity contribution >= 4 is 26.0 Å². The van der Waals surface area contributed by atoms with Crippen LogP contribution in [0.15, 0.2) is 22.5 Å². The number of methoxy groups -OCH3 is 1. The molecule has 0 spiro atoms. The van der Waals surface area contributed by atoms with Gasteiger partial charge in [0, 0.05) is 37.4 Å². The highest BCUT2D eigenvalue weighted by molar-refractivity contribution is 6.69. The smallest absolute Gasteiger partial charge is 0.404 e. The minimum Gasteiger partial charge on any atom is -0.449 e. The van der Waals surface area contributed by atoms with Gasteiger partial charge in [0.2, 0.25) is 11.6 Å². The molecular formula is C19H28N4O6Si. The summed E-state index contributed by atoms with van der Waals surface area (Å²) < 4.78 is 11.0. The fourth-order valence-electron chi connectivity index (χ4n) is 5.00. The first-order valence-corrected chi connectivity index (χ1v) is 13.2. The largest absolute Gasteiger partial charge is 0.449 e. The summed E-state index contributed by atoms with van der Waals surface area (Å²) in [5.41, 5.74) is 5.39. The van der Waals surface area contributed by atoms with Crippen LogP contribution in [0.1, 0.15) is 6.92 Å². The Morgan fingerprint density at radius 2 is 2.10 bits per heavy atom. The molecule has 0 aromatic heterocycles. The summed E-state index contributed by atoms with van der Waals surface area (Å²) in [4.78, 5) is 50.1. The Kier molecular flexibility index (Phi) is 4.84. The van der Waals surface area contributed by atoms with Gasteiger partial charge in [-0.25, -0.2) is 4.79 Å². The normalized spacial score (nSPS) is 32.3. The molecule has 4 rings (SSSR count). The molecule has 0 aromatic carbocycles. The molecule has 4 atom stereocenters. The number of hydrogen-bond acceptors (Lipinski definition) is 9. The first kappa shape index (κ1) is 21.0. The second-order valence-corrected chi connectivity index (χ2v) is 13.0. The number of hydrogen-bond donors (Lipinski definition) is 4. The van der Waals surface area contributed by atoms with Gasteiger partial charge in [-0.1, -0.05) is 0 Å². The first-order chi connectivity index (χ1) is 14.0. The van der Waals surface area contributed by atoms with E-state index in [1.165, 1.54) is 7.11 Å². The van der Waals surface area contributed by atoms with E-state index in [0.29, 0.717) is 36.0 Å². The van der Waals surface area contributed by atoms with Crippen molar-refractivity contribution in [1.82, 2.24) is 15.5 Å². The zero-order valence-corrected chi connectivity index (χ0v) is 18.6. The Morgan fingerprint density at radius 1 is 1.40 bits per heavy atom. The molecule has 0 radical (unpaired) electrons. The van der Waals surface area contributed by atoms with Crippen LogP contribution in [-0.4, -0.2) is 80.3 Å². The molecule has 2 fully saturated rings. The molecule has 11 heteroatoms. The fraction of sp³-hybridized carbons (Fsp3) is 0.632. The standard InChI is InChI=1S/C19H28N4O6Si/c1-9-13(21-5-6-30(3,4)27)16(25)12-10(8-29-18(20)26)19(28-2)17-11(22-17)7-23(19)14(12)15(9)24/h10-11,17,21-22,27H,5-8H2,1-4H3,(H2,20,26)/t10-,11+,17+,19-/m1/s1.